The molecule has 3 nitrogen and oxygen atoms in total. The summed E-state index contributed by atoms with van der Waals surface area (Å²) in [7, 11) is 0. The van der Waals surface area contributed by atoms with Crippen molar-refractivity contribution in [2.24, 2.45) is 0 Å². The number of benzene rings is 1. The van der Waals surface area contributed by atoms with E-state index in [9.17, 15) is 9.18 Å². The van der Waals surface area contributed by atoms with E-state index in [1.165, 1.54) is 17.0 Å². The molecule has 122 valence electrons. The van der Waals surface area contributed by atoms with Gasteiger partial charge in [-0.25, -0.2) is 4.39 Å². The first kappa shape index (κ1) is 16.1. The number of carbonyl (C=O) groups excluding carboxylic acids is 1. The van der Waals surface area contributed by atoms with Crippen LogP contribution in [-0.2, 0) is 6.54 Å². The molecule has 0 spiro atoms. The molecule has 0 bridgehead atoms. The molecule has 3 rings (SSSR count). The summed E-state index contributed by atoms with van der Waals surface area (Å²) < 4.78 is 12.9. The quantitative estimate of drug-likeness (QED) is 0.859. The summed E-state index contributed by atoms with van der Waals surface area (Å²) in [4.78, 5) is 18.1. The highest BCUT2D eigenvalue weighted by Gasteiger charge is 2.24. The number of halogens is 1. The molecule has 1 aliphatic heterocycles. The summed E-state index contributed by atoms with van der Waals surface area (Å²) in [5.74, 6) is -0.0566. The second-order valence-electron chi connectivity index (χ2n) is 6.03. The largest absolute Gasteiger partial charge is 0.336 e. The minimum atomic E-state index is -0.203. The summed E-state index contributed by atoms with van der Waals surface area (Å²) in [5, 5.41) is 1.97. The van der Waals surface area contributed by atoms with Crippen LogP contribution in [-0.4, -0.2) is 41.9 Å². The lowest BCUT2D eigenvalue weighted by Gasteiger charge is -2.34. The highest BCUT2D eigenvalue weighted by atomic mass is 32.1. The lowest BCUT2D eigenvalue weighted by atomic mass is 10.1. The van der Waals surface area contributed by atoms with Crippen LogP contribution in [0.2, 0.25) is 0 Å². The van der Waals surface area contributed by atoms with E-state index < -0.39 is 0 Å². The Morgan fingerprint density at radius 2 is 1.78 bits per heavy atom. The predicted molar refractivity (Wildman–Crippen MR) is 91.4 cm³/mol. The maximum atomic E-state index is 12.9. The predicted octanol–water partition coefficient (Wildman–Crippen LogP) is 3.46. The highest BCUT2D eigenvalue weighted by Crippen LogP contribution is 2.22. The molecule has 5 heteroatoms. The second kappa shape index (κ2) is 6.81. The number of nitrogens with zero attached hydrogens (tertiary/aromatic N) is 2. The lowest BCUT2D eigenvalue weighted by Crippen LogP contribution is -2.48. The smallest absolute Gasteiger partial charge is 0.255 e. The Morgan fingerprint density at radius 3 is 2.35 bits per heavy atom. The lowest BCUT2D eigenvalue weighted by molar-refractivity contribution is 0.0628. The SMILES string of the molecule is Cc1scc(C(=O)N2CCN(Cc3ccc(F)cc3)CC2)c1C. The molecule has 0 radical (unpaired) electrons. The van der Waals surface area contributed by atoms with Gasteiger partial charge in [0.15, 0.2) is 0 Å². The first-order valence-electron chi connectivity index (χ1n) is 7.85. The summed E-state index contributed by atoms with van der Waals surface area (Å²) in [6.45, 7) is 8.07. The van der Waals surface area contributed by atoms with Gasteiger partial charge in [0.2, 0.25) is 0 Å². The van der Waals surface area contributed by atoms with E-state index in [1.807, 2.05) is 29.3 Å². The summed E-state index contributed by atoms with van der Waals surface area (Å²) in [6, 6.07) is 6.64. The van der Waals surface area contributed by atoms with E-state index in [0.29, 0.717) is 0 Å². The topological polar surface area (TPSA) is 23.6 Å². The summed E-state index contributed by atoms with van der Waals surface area (Å²) >= 11 is 1.64. The van der Waals surface area contributed by atoms with Gasteiger partial charge >= 0.3 is 0 Å². The maximum Gasteiger partial charge on any atom is 0.255 e. The van der Waals surface area contributed by atoms with Gasteiger partial charge < -0.3 is 4.90 Å². The van der Waals surface area contributed by atoms with E-state index in [1.54, 1.807) is 11.3 Å². The van der Waals surface area contributed by atoms with Gasteiger partial charge in [0.05, 0.1) is 5.56 Å². The van der Waals surface area contributed by atoms with E-state index in [4.69, 9.17) is 0 Å². The molecule has 1 aromatic carbocycles. The molecule has 1 fully saturated rings. The fourth-order valence-electron chi connectivity index (χ4n) is 2.85. The first-order chi connectivity index (χ1) is 11.0. The fourth-order valence-corrected chi connectivity index (χ4v) is 3.71. The van der Waals surface area contributed by atoms with Gasteiger partial charge in [0, 0.05) is 43.0 Å². The van der Waals surface area contributed by atoms with E-state index >= 15 is 0 Å². The van der Waals surface area contributed by atoms with Crippen LogP contribution in [0.4, 0.5) is 4.39 Å². The van der Waals surface area contributed by atoms with Gasteiger partial charge in [-0.15, -0.1) is 11.3 Å². The van der Waals surface area contributed by atoms with Crippen molar-refractivity contribution in [1.29, 1.82) is 0 Å². The normalized spacial score (nSPS) is 15.9. The monoisotopic (exact) mass is 332 g/mol. The van der Waals surface area contributed by atoms with Crippen molar-refractivity contribution in [3.8, 4) is 0 Å². The number of carbonyl (C=O) groups is 1. The van der Waals surface area contributed by atoms with Crippen LogP contribution in [0, 0.1) is 19.7 Å². The van der Waals surface area contributed by atoms with E-state index in [-0.39, 0.29) is 11.7 Å². The fraction of sp³-hybridized carbons (Fsp3) is 0.389. The molecule has 2 aromatic rings. The van der Waals surface area contributed by atoms with Crippen LogP contribution in [0.5, 0.6) is 0 Å². The van der Waals surface area contributed by atoms with Crippen molar-refractivity contribution in [3.05, 3.63) is 57.0 Å². The van der Waals surface area contributed by atoms with Crippen molar-refractivity contribution in [3.63, 3.8) is 0 Å². The van der Waals surface area contributed by atoms with Gasteiger partial charge in [0.25, 0.3) is 5.91 Å². The molecule has 1 saturated heterocycles. The molecule has 2 heterocycles. The average Bonchev–Trinajstić information content (AvgIpc) is 2.89. The Morgan fingerprint density at radius 1 is 1.13 bits per heavy atom. The van der Waals surface area contributed by atoms with Crippen molar-refractivity contribution >= 4 is 17.2 Å². The number of piperazine rings is 1. The molecule has 1 aliphatic rings. The molecule has 0 aliphatic carbocycles. The van der Waals surface area contributed by atoms with Crippen LogP contribution in [0.25, 0.3) is 0 Å². The van der Waals surface area contributed by atoms with Gasteiger partial charge in [0.1, 0.15) is 5.82 Å². The van der Waals surface area contributed by atoms with Crippen molar-refractivity contribution in [2.45, 2.75) is 20.4 Å². The van der Waals surface area contributed by atoms with E-state index in [0.717, 1.165) is 49.4 Å². The Balaban J connectivity index is 1.57. The van der Waals surface area contributed by atoms with Crippen molar-refractivity contribution in [2.75, 3.05) is 26.2 Å². The number of hydrogen-bond donors (Lipinski definition) is 0. The van der Waals surface area contributed by atoms with Gasteiger partial charge in [-0.1, -0.05) is 12.1 Å². The number of rotatable bonds is 3. The third-order valence-corrected chi connectivity index (χ3v) is 5.51. The summed E-state index contributed by atoms with van der Waals surface area (Å²) in [5.41, 5.74) is 3.06. The molecule has 0 unspecified atom stereocenters. The number of aryl methyl sites for hydroxylation is 1. The standard InChI is InChI=1S/C18H21FN2OS/c1-13-14(2)23-12-17(13)18(22)21-9-7-20(8-10-21)11-15-3-5-16(19)6-4-15/h3-6,12H,7-11H2,1-2H3. The van der Waals surface area contributed by atoms with Gasteiger partial charge in [-0.3, -0.25) is 9.69 Å². The van der Waals surface area contributed by atoms with Crippen LogP contribution in [0.15, 0.2) is 29.6 Å². The highest BCUT2D eigenvalue weighted by molar-refractivity contribution is 7.10. The van der Waals surface area contributed by atoms with Gasteiger partial charge in [-0.2, -0.15) is 0 Å². The Labute approximate surface area is 140 Å². The first-order valence-corrected chi connectivity index (χ1v) is 8.73. The average molecular weight is 332 g/mol. The number of hydrogen-bond acceptors (Lipinski definition) is 3. The zero-order valence-electron chi connectivity index (χ0n) is 13.5. The molecule has 1 aromatic heterocycles. The van der Waals surface area contributed by atoms with E-state index in [2.05, 4.69) is 11.8 Å². The zero-order chi connectivity index (χ0) is 16.4. The van der Waals surface area contributed by atoms with Crippen LogP contribution < -0.4 is 0 Å². The second-order valence-corrected chi connectivity index (χ2v) is 7.11. The number of thiophene rings is 1. The third kappa shape index (κ3) is 3.62. The van der Waals surface area contributed by atoms with Crippen LogP contribution in [0.3, 0.4) is 0 Å². The molecule has 23 heavy (non-hydrogen) atoms. The minimum Gasteiger partial charge on any atom is -0.336 e. The molecule has 0 N–H and O–H groups in total. The molecule has 0 atom stereocenters. The third-order valence-electron chi connectivity index (χ3n) is 4.50. The van der Waals surface area contributed by atoms with Crippen molar-refractivity contribution < 1.29 is 9.18 Å². The Kier molecular flexibility index (Phi) is 4.78. The summed E-state index contributed by atoms with van der Waals surface area (Å²) in [6.07, 6.45) is 0. The minimum absolute atomic E-state index is 0.147. The molecule has 1 amide bonds. The molecular formula is C18H21FN2OS. The zero-order valence-corrected chi connectivity index (χ0v) is 14.3. The van der Waals surface area contributed by atoms with Gasteiger partial charge in [-0.05, 0) is 37.1 Å². The van der Waals surface area contributed by atoms with Crippen LogP contribution >= 0.6 is 11.3 Å². The van der Waals surface area contributed by atoms with Crippen molar-refractivity contribution in [1.82, 2.24) is 9.80 Å². The Bertz CT molecular complexity index is 688. The molecule has 0 saturated carbocycles. The molecular weight excluding hydrogens is 311 g/mol. The number of amides is 1. The Hall–Kier alpha value is -1.72. The van der Waals surface area contributed by atoms with Crippen LogP contribution in [0.1, 0.15) is 26.4 Å². The maximum absolute atomic E-state index is 12.9.